The zero-order valence-corrected chi connectivity index (χ0v) is 9.99. The first-order valence-electron chi connectivity index (χ1n) is 4.95. The third kappa shape index (κ3) is 2.49. The summed E-state index contributed by atoms with van der Waals surface area (Å²) in [5.74, 6) is 0.618. The van der Waals surface area contributed by atoms with Crippen molar-refractivity contribution >= 4 is 17.0 Å². The molecule has 1 atom stereocenters. The molecule has 0 spiro atoms. The van der Waals surface area contributed by atoms with Gasteiger partial charge < -0.3 is 10.1 Å². The molecule has 2 aromatic heterocycles. The normalized spacial score (nSPS) is 12.1. The Balaban J connectivity index is 2.03. The summed E-state index contributed by atoms with van der Waals surface area (Å²) in [5, 5.41) is 6.36. The van der Waals surface area contributed by atoms with Crippen molar-refractivity contribution in [2.24, 2.45) is 0 Å². The third-order valence-corrected chi connectivity index (χ3v) is 3.11. The van der Waals surface area contributed by atoms with Crippen LogP contribution in [0.2, 0.25) is 0 Å². The lowest BCUT2D eigenvalue weighted by atomic mass is 10.3. The first-order chi connectivity index (χ1) is 7.79. The zero-order chi connectivity index (χ0) is 11.4. The Morgan fingerprint density at radius 1 is 1.38 bits per heavy atom. The van der Waals surface area contributed by atoms with Crippen molar-refractivity contribution in [1.29, 1.82) is 0 Å². The van der Waals surface area contributed by atoms with Gasteiger partial charge in [-0.15, -0.1) is 11.3 Å². The number of hydrogen-bond acceptors (Lipinski definition) is 5. The van der Waals surface area contributed by atoms with E-state index in [0.29, 0.717) is 5.88 Å². The molecular weight excluding hydrogens is 222 g/mol. The SMILES string of the molecule is COc1ccc(NC(C)c2nccs2)cn1. The molecule has 2 heterocycles. The second kappa shape index (κ2) is 4.94. The van der Waals surface area contributed by atoms with Crippen molar-refractivity contribution in [3.8, 4) is 5.88 Å². The first kappa shape index (κ1) is 10.9. The molecule has 2 aromatic rings. The van der Waals surface area contributed by atoms with E-state index in [-0.39, 0.29) is 6.04 Å². The van der Waals surface area contributed by atoms with Crippen LogP contribution in [0.4, 0.5) is 5.69 Å². The van der Waals surface area contributed by atoms with Crippen LogP contribution in [-0.2, 0) is 0 Å². The van der Waals surface area contributed by atoms with E-state index in [0.717, 1.165) is 10.7 Å². The highest BCUT2D eigenvalue weighted by molar-refractivity contribution is 7.09. The Hall–Kier alpha value is -1.62. The Kier molecular flexibility index (Phi) is 3.36. The fourth-order valence-corrected chi connectivity index (χ4v) is 1.99. The van der Waals surface area contributed by atoms with Crippen molar-refractivity contribution in [3.05, 3.63) is 34.9 Å². The van der Waals surface area contributed by atoms with E-state index < -0.39 is 0 Å². The van der Waals surface area contributed by atoms with Gasteiger partial charge in [0, 0.05) is 17.6 Å². The number of ether oxygens (including phenoxy) is 1. The van der Waals surface area contributed by atoms with E-state index in [1.54, 1.807) is 24.6 Å². The van der Waals surface area contributed by atoms with Gasteiger partial charge >= 0.3 is 0 Å². The van der Waals surface area contributed by atoms with Gasteiger partial charge in [-0.3, -0.25) is 0 Å². The molecule has 0 aliphatic heterocycles. The van der Waals surface area contributed by atoms with Crippen molar-refractivity contribution < 1.29 is 4.74 Å². The van der Waals surface area contributed by atoms with Crippen LogP contribution in [0.15, 0.2) is 29.9 Å². The number of aromatic nitrogens is 2. The average molecular weight is 235 g/mol. The zero-order valence-electron chi connectivity index (χ0n) is 9.18. The Morgan fingerprint density at radius 2 is 2.25 bits per heavy atom. The van der Waals surface area contributed by atoms with Crippen LogP contribution < -0.4 is 10.1 Å². The maximum absolute atomic E-state index is 5.00. The van der Waals surface area contributed by atoms with Crippen molar-refractivity contribution in [1.82, 2.24) is 9.97 Å². The number of rotatable bonds is 4. The largest absolute Gasteiger partial charge is 0.481 e. The smallest absolute Gasteiger partial charge is 0.213 e. The van der Waals surface area contributed by atoms with Crippen LogP contribution in [0.25, 0.3) is 0 Å². The summed E-state index contributed by atoms with van der Waals surface area (Å²) in [5.41, 5.74) is 0.962. The lowest BCUT2D eigenvalue weighted by Gasteiger charge is -2.12. The standard InChI is InChI=1S/C11H13N3OS/c1-8(11-12-5-6-16-11)14-9-3-4-10(15-2)13-7-9/h3-8,14H,1-2H3. The van der Waals surface area contributed by atoms with Gasteiger partial charge in [-0.05, 0) is 13.0 Å². The maximum atomic E-state index is 5.00. The monoisotopic (exact) mass is 235 g/mol. The van der Waals surface area contributed by atoms with Crippen molar-refractivity contribution in [3.63, 3.8) is 0 Å². The molecule has 0 amide bonds. The van der Waals surface area contributed by atoms with Gasteiger partial charge in [0.25, 0.3) is 0 Å². The molecule has 2 rings (SSSR count). The van der Waals surface area contributed by atoms with E-state index in [4.69, 9.17) is 4.74 Å². The molecule has 5 heteroatoms. The van der Waals surface area contributed by atoms with E-state index >= 15 is 0 Å². The van der Waals surface area contributed by atoms with Crippen LogP contribution in [0.1, 0.15) is 18.0 Å². The maximum Gasteiger partial charge on any atom is 0.213 e. The molecule has 0 radical (unpaired) electrons. The molecule has 1 N–H and O–H groups in total. The van der Waals surface area contributed by atoms with Crippen LogP contribution in [0.5, 0.6) is 5.88 Å². The van der Waals surface area contributed by atoms with E-state index in [9.17, 15) is 0 Å². The quantitative estimate of drug-likeness (QED) is 0.885. The topological polar surface area (TPSA) is 47.0 Å². The predicted octanol–water partition coefficient (Wildman–Crippen LogP) is 2.72. The van der Waals surface area contributed by atoms with Crippen LogP contribution in [0.3, 0.4) is 0 Å². The molecule has 0 saturated heterocycles. The first-order valence-corrected chi connectivity index (χ1v) is 5.83. The molecular formula is C11H13N3OS. The number of anilines is 1. The van der Waals surface area contributed by atoms with Crippen LogP contribution in [0, 0.1) is 0 Å². The molecule has 0 bridgehead atoms. The summed E-state index contributed by atoms with van der Waals surface area (Å²) in [6.07, 6.45) is 3.56. The Morgan fingerprint density at radius 3 is 2.81 bits per heavy atom. The lowest BCUT2D eigenvalue weighted by Crippen LogP contribution is -2.06. The molecule has 0 aromatic carbocycles. The number of hydrogen-bond donors (Lipinski definition) is 1. The van der Waals surface area contributed by atoms with Gasteiger partial charge in [0.2, 0.25) is 5.88 Å². The van der Waals surface area contributed by atoms with E-state index in [1.165, 1.54) is 0 Å². The van der Waals surface area contributed by atoms with Gasteiger partial charge in [-0.1, -0.05) is 0 Å². The number of thiazole rings is 1. The number of nitrogens with zero attached hydrogens (tertiary/aromatic N) is 2. The fourth-order valence-electron chi connectivity index (χ4n) is 1.35. The summed E-state index contributed by atoms with van der Waals surface area (Å²) >= 11 is 1.64. The highest BCUT2D eigenvalue weighted by Crippen LogP contribution is 2.21. The highest BCUT2D eigenvalue weighted by atomic mass is 32.1. The molecule has 84 valence electrons. The molecule has 4 nitrogen and oxygen atoms in total. The van der Waals surface area contributed by atoms with Crippen LogP contribution >= 0.6 is 11.3 Å². The van der Waals surface area contributed by atoms with Gasteiger partial charge in [0.1, 0.15) is 5.01 Å². The van der Waals surface area contributed by atoms with Gasteiger partial charge in [-0.2, -0.15) is 0 Å². The number of pyridine rings is 1. The number of nitrogens with one attached hydrogen (secondary N) is 1. The summed E-state index contributed by atoms with van der Waals surface area (Å²) in [6.45, 7) is 2.07. The lowest BCUT2D eigenvalue weighted by molar-refractivity contribution is 0.398. The molecule has 16 heavy (non-hydrogen) atoms. The minimum Gasteiger partial charge on any atom is -0.481 e. The summed E-state index contributed by atoms with van der Waals surface area (Å²) in [4.78, 5) is 8.39. The molecule has 0 fully saturated rings. The van der Waals surface area contributed by atoms with Gasteiger partial charge in [0.05, 0.1) is 25.0 Å². The average Bonchev–Trinajstić information content (AvgIpc) is 2.83. The molecule has 1 unspecified atom stereocenters. The van der Waals surface area contributed by atoms with Gasteiger partial charge in [-0.25, -0.2) is 9.97 Å². The van der Waals surface area contributed by atoms with E-state index in [2.05, 4.69) is 22.2 Å². The third-order valence-electron chi connectivity index (χ3n) is 2.15. The Labute approximate surface area is 98.3 Å². The summed E-state index contributed by atoms with van der Waals surface area (Å²) < 4.78 is 5.00. The van der Waals surface area contributed by atoms with Crippen LogP contribution in [-0.4, -0.2) is 17.1 Å². The predicted molar refractivity (Wildman–Crippen MR) is 64.9 cm³/mol. The second-order valence-electron chi connectivity index (χ2n) is 3.33. The summed E-state index contributed by atoms with van der Waals surface area (Å²) in [7, 11) is 1.60. The minimum atomic E-state index is 0.190. The Bertz CT molecular complexity index is 427. The van der Waals surface area contributed by atoms with Crippen molar-refractivity contribution in [2.45, 2.75) is 13.0 Å². The fraction of sp³-hybridized carbons (Fsp3) is 0.273. The second-order valence-corrected chi connectivity index (χ2v) is 4.25. The van der Waals surface area contributed by atoms with Gasteiger partial charge in [0.15, 0.2) is 0 Å². The van der Waals surface area contributed by atoms with Crippen molar-refractivity contribution in [2.75, 3.05) is 12.4 Å². The molecule has 0 saturated carbocycles. The summed E-state index contributed by atoms with van der Waals surface area (Å²) in [6, 6.07) is 3.96. The van der Waals surface area contributed by atoms with E-state index in [1.807, 2.05) is 23.7 Å². The molecule has 0 aliphatic carbocycles. The minimum absolute atomic E-state index is 0.190. The highest BCUT2D eigenvalue weighted by Gasteiger charge is 2.07. The molecule has 0 aliphatic rings. The number of methoxy groups -OCH3 is 1.